The molecule has 0 saturated carbocycles. The normalized spacial score (nSPS) is 10.9. The number of hydrogen-bond donors (Lipinski definition) is 2. The number of nitrogen functional groups attached to an aromatic ring is 1. The third kappa shape index (κ3) is 3.34. The quantitative estimate of drug-likeness (QED) is 0.654. The number of nitrogens with zero attached hydrogens (tertiary/aromatic N) is 1. The summed E-state index contributed by atoms with van der Waals surface area (Å²) in [5.74, 6) is 0. The average molecular weight is 297 g/mol. The van der Waals surface area contributed by atoms with E-state index < -0.39 is 0 Å². The number of hydrogen-bond acceptors (Lipinski definition) is 4. The molecule has 0 aliphatic heterocycles. The molecule has 0 aliphatic rings. The van der Waals surface area contributed by atoms with Crippen LogP contribution in [0.3, 0.4) is 0 Å². The van der Waals surface area contributed by atoms with Crippen LogP contribution in [-0.2, 0) is 6.42 Å². The van der Waals surface area contributed by atoms with E-state index >= 15 is 0 Å². The van der Waals surface area contributed by atoms with Gasteiger partial charge in [-0.05, 0) is 48.7 Å². The summed E-state index contributed by atoms with van der Waals surface area (Å²) in [5, 5.41) is 4.26. The Hall–Kier alpha value is -2.07. The molecule has 2 aromatic carbocycles. The van der Waals surface area contributed by atoms with Gasteiger partial charge in [0, 0.05) is 11.4 Å². The molecule has 0 aliphatic carbocycles. The van der Waals surface area contributed by atoms with E-state index in [1.807, 2.05) is 18.2 Å². The van der Waals surface area contributed by atoms with E-state index in [1.54, 1.807) is 11.3 Å². The summed E-state index contributed by atoms with van der Waals surface area (Å²) >= 11 is 1.62. The van der Waals surface area contributed by atoms with E-state index in [4.69, 9.17) is 5.73 Å². The second-order valence-electron chi connectivity index (χ2n) is 5.17. The van der Waals surface area contributed by atoms with Gasteiger partial charge in [-0.25, -0.2) is 4.98 Å². The lowest BCUT2D eigenvalue weighted by Gasteiger charge is -2.04. The van der Waals surface area contributed by atoms with Gasteiger partial charge in [-0.3, -0.25) is 0 Å². The molecular formula is C17H19N3S. The first kappa shape index (κ1) is 13.9. The Morgan fingerprint density at radius 3 is 2.71 bits per heavy atom. The summed E-state index contributed by atoms with van der Waals surface area (Å²) in [6.45, 7) is 2.22. The van der Waals surface area contributed by atoms with Crippen LogP contribution in [0.15, 0.2) is 42.5 Å². The minimum atomic E-state index is 0.776. The third-order valence-corrected chi connectivity index (χ3v) is 4.37. The number of aromatic nitrogens is 1. The van der Waals surface area contributed by atoms with Gasteiger partial charge in [-0.15, -0.1) is 0 Å². The van der Waals surface area contributed by atoms with Crippen molar-refractivity contribution in [3.05, 3.63) is 48.0 Å². The minimum absolute atomic E-state index is 0.776. The number of rotatable bonds is 5. The zero-order valence-corrected chi connectivity index (χ0v) is 12.9. The standard InChI is InChI=1S/C17H19N3S/c1-2-3-4-12-5-8-14(9-6-12)19-17-20-15-10-7-13(18)11-16(15)21-17/h5-11H,2-4,18H2,1H3,(H,19,20). The molecule has 0 fully saturated rings. The molecule has 3 nitrogen and oxygen atoms in total. The zero-order chi connectivity index (χ0) is 14.7. The lowest BCUT2D eigenvalue weighted by atomic mass is 10.1. The van der Waals surface area contributed by atoms with E-state index in [9.17, 15) is 0 Å². The van der Waals surface area contributed by atoms with Crippen LogP contribution >= 0.6 is 11.3 Å². The number of thiazole rings is 1. The van der Waals surface area contributed by atoms with Crippen LogP contribution < -0.4 is 11.1 Å². The molecule has 0 radical (unpaired) electrons. The molecule has 0 unspecified atom stereocenters. The van der Waals surface area contributed by atoms with E-state index in [0.29, 0.717) is 0 Å². The van der Waals surface area contributed by atoms with Gasteiger partial charge < -0.3 is 11.1 Å². The van der Waals surface area contributed by atoms with Gasteiger partial charge in [0.25, 0.3) is 0 Å². The highest BCUT2D eigenvalue weighted by molar-refractivity contribution is 7.22. The first-order valence-corrected chi connectivity index (χ1v) is 8.08. The van der Waals surface area contributed by atoms with Crippen molar-refractivity contribution < 1.29 is 0 Å². The smallest absolute Gasteiger partial charge is 0.188 e. The van der Waals surface area contributed by atoms with Crippen molar-refractivity contribution in [3.63, 3.8) is 0 Å². The van der Waals surface area contributed by atoms with Crippen molar-refractivity contribution in [2.45, 2.75) is 26.2 Å². The second kappa shape index (κ2) is 6.14. The van der Waals surface area contributed by atoms with Crippen molar-refractivity contribution in [2.24, 2.45) is 0 Å². The van der Waals surface area contributed by atoms with Crippen LogP contribution in [-0.4, -0.2) is 4.98 Å². The monoisotopic (exact) mass is 297 g/mol. The number of benzene rings is 2. The Bertz CT molecular complexity index is 731. The first-order valence-electron chi connectivity index (χ1n) is 7.26. The summed E-state index contributed by atoms with van der Waals surface area (Å²) in [7, 11) is 0. The molecule has 1 aromatic heterocycles. The van der Waals surface area contributed by atoms with Crippen molar-refractivity contribution in [1.29, 1.82) is 0 Å². The Morgan fingerprint density at radius 1 is 1.14 bits per heavy atom. The lowest BCUT2D eigenvalue weighted by molar-refractivity contribution is 0.795. The molecule has 1 heterocycles. The molecule has 0 amide bonds. The van der Waals surface area contributed by atoms with Crippen LogP contribution in [0.4, 0.5) is 16.5 Å². The van der Waals surface area contributed by atoms with Gasteiger partial charge in [0.05, 0.1) is 10.2 Å². The maximum absolute atomic E-state index is 5.80. The Balaban J connectivity index is 1.75. The van der Waals surface area contributed by atoms with Crippen LogP contribution in [0, 0.1) is 0 Å². The van der Waals surface area contributed by atoms with E-state index in [1.165, 1.54) is 18.4 Å². The fourth-order valence-electron chi connectivity index (χ4n) is 2.25. The maximum Gasteiger partial charge on any atom is 0.188 e. The van der Waals surface area contributed by atoms with E-state index in [2.05, 4.69) is 41.5 Å². The highest BCUT2D eigenvalue weighted by Gasteiger charge is 2.04. The molecule has 0 spiro atoms. The van der Waals surface area contributed by atoms with E-state index in [-0.39, 0.29) is 0 Å². The predicted molar refractivity (Wildman–Crippen MR) is 92.4 cm³/mol. The van der Waals surface area contributed by atoms with Crippen LogP contribution in [0.5, 0.6) is 0 Å². The minimum Gasteiger partial charge on any atom is -0.399 e. The molecule has 21 heavy (non-hydrogen) atoms. The van der Waals surface area contributed by atoms with Crippen LogP contribution in [0.1, 0.15) is 25.3 Å². The zero-order valence-electron chi connectivity index (χ0n) is 12.1. The number of nitrogens with one attached hydrogen (secondary N) is 1. The maximum atomic E-state index is 5.80. The van der Waals surface area contributed by atoms with Crippen LogP contribution in [0.25, 0.3) is 10.2 Å². The van der Waals surface area contributed by atoms with Gasteiger partial charge in [-0.1, -0.05) is 36.8 Å². The van der Waals surface area contributed by atoms with Gasteiger partial charge >= 0.3 is 0 Å². The highest BCUT2D eigenvalue weighted by atomic mass is 32.1. The number of aryl methyl sites for hydroxylation is 1. The third-order valence-electron chi connectivity index (χ3n) is 3.44. The first-order chi connectivity index (χ1) is 10.2. The lowest BCUT2D eigenvalue weighted by Crippen LogP contribution is -1.90. The molecule has 4 heteroatoms. The molecule has 0 bridgehead atoms. The van der Waals surface area contributed by atoms with Gasteiger partial charge in [0.2, 0.25) is 0 Å². The molecule has 3 aromatic rings. The second-order valence-corrected chi connectivity index (χ2v) is 6.20. The molecule has 108 valence electrons. The van der Waals surface area contributed by atoms with Crippen molar-refractivity contribution in [3.8, 4) is 0 Å². The van der Waals surface area contributed by atoms with Gasteiger partial charge in [0.15, 0.2) is 5.13 Å². The summed E-state index contributed by atoms with van der Waals surface area (Å²) in [6, 6.07) is 14.4. The summed E-state index contributed by atoms with van der Waals surface area (Å²) in [6.07, 6.45) is 3.62. The SMILES string of the molecule is CCCCc1ccc(Nc2nc3ccc(N)cc3s2)cc1. The van der Waals surface area contributed by atoms with E-state index in [0.717, 1.165) is 33.1 Å². The van der Waals surface area contributed by atoms with Crippen LogP contribution in [0.2, 0.25) is 0 Å². The highest BCUT2D eigenvalue weighted by Crippen LogP contribution is 2.29. The summed E-state index contributed by atoms with van der Waals surface area (Å²) in [5.41, 5.74) is 10.0. The predicted octanol–water partition coefficient (Wildman–Crippen LogP) is 4.96. The Labute approximate surface area is 128 Å². The molecule has 0 saturated heterocycles. The average Bonchev–Trinajstić information content (AvgIpc) is 2.88. The fourth-order valence-corrected chi connectivity index (χ4v) is 3.19. The topological polar surface area (TPSA) is 50.9 Å². The summed E-state index contributed by atoms with van der Waals surface area (Å²) < 4.78 is 1.11. The van der Waals surface area contributed by atoms with Gasteiger partial charge in [-0.2, -0.15) is 0 Å². The number of nitrogens with two attached hydrogens (primary N) is 1. The number of anilines is 3. The molecule has 0 atom stereocenters. The Kier molecular flexibility index (Phi) is 4.06. The number of fused-ring (bicyclic) bond motifs is 1. The van der Waals surface area contributed by atoms with Crippen molar-refractivity contribution >= 4 is 38.1 Å². The Morgan fingerprint density at radius 2 is 1.95 bits per heavy atom. The molecule has 3 rings (SSSR count). The number of unbranched alkanes of at least 4 members (excludes halogenated alkanes) is 1. The summed E-state index contributed by atoms with van der Waals surface area (Å²) in [4.78, 5) is 4.57. The largest absolute Gasteiger partial charge is 0.399 e. The molecular weight excluding hydrogens is 278 g/mol. The molecule has 3 N–H and O–H groups in total. The van der Waals surface area contributed by atoms with Crippen molar-refractivity contribution in [1.82, 2.24) is 4.98 Å². The van der Waals surface area contributed by atoms with Gasteiger partial charge in [0.1, 0.15) is 0 Å². The van der Waals surface area contributed by atoms with Crippen molar-refractivity contribution in [2.75, 3.05) is 11.1 Å². The fraction of sp³-hybridized carbons (Fsp3) is 0.235.